The molecule has 0 atom stereocenters. The first-order chi connectivity index (χ1) is 15.4. The van der Waals surface area contributed by atoms with Crippen LogP contribution in [0.2, 0.25) is 0 Å². The molecule has 3 rings (SSSR count). The Morgan fingerprint density at radius 3 is 2.62 bits per heavy atom. The first kappa shape index (κ1) is 23.0. The number of para-hydroxylation sites is 2. The highest BCUT2D eigenvalue weighted by atomic mass is 32.1. The van der Waals surface area contributed by atoms with Gasteiger partial charge in [-0.2, -0.15) is 0 Å². The summed E-state index contributed by atoms with van der Waals surface area (Å²) in [6, 6.07) is 11.4. The Hall–Kier alpha value is -3.72. The standard InChI is InChI=1S/C23H22FN3O4S/c1-15(28)27(19-9-5-4-8-18(19)24)23-26-17(14-32-23)11-12-21(29)25-13-16-7-6-10-20(30-2)22(16)31-3/h4-12,14H,13H2,1-3H3,(H,25,29)/b12-11+. The molecule has 0 aliphatic heterocycles. The highest BCUT2D eigenvalue weighted by molar-refractivity contribution is 7.14. The van der Waals surface area contributed by atoms with Gasteiger partial charge < -0.3 is 14.8 Å². The van der Waals surface area contributed by atoms with Crippen molar-refractivity contribution in [1.82, 2.24) is 10.3 Å². The summed E-state index contributed by atoms with van der Waals surface area (Å²) in [5.41, 5.74) is 1.36. The lowest BCUT2D eigenvalue weighted by molar-refractivity contribution is -0.117. The molecule has 1 heterocycles. The van der Waals surface area contributed by atoms with Gasteiger partial charge in [0, 0.05) is 30.5 Å². The van der Waals surface area contributed by atoms with Gasteiger partial charge in [-0.3, -0.25) is 14.5 Å². The van der Waals surface area contributed by atoms with Crippen LogP contribution in [0.5, 0.6) is 11.5 Å². The number of nitrogens with one attached hydrogen (secondary N) is 1. The van der Waals surface area contributed by atoms with Gasteiger partial charge in [-0.15, -0.1) is 11.3 Å². The third kappa shape index (κ3) is 5.30. The monoisotopic (exact) mass is 455 g/mol. The SMILES string of the molecule is COc1cccc(CNC(=O)/C=C/c2csc(N(C(C)=O)c3ccccc3F)n2)c1OC. The first-order valence-electron chi connectivity index (χ1n) is 9.61. The van der Waals surface area contributed by atoms with E-state index in [-0.39, 0.29) is 24.0 Å². The number of hydrogen-bond acceptors (Lipinski definition) is 6. The summed E-state index contributed by atoms with van der Waals surface area (Å²) in [5.74, 6) is -0.0928. The second-order valence-electron chi connectivity index (χ2n) is 6.56. The minimum Gasteiger partial charge on any atom is -0.493 e. The fraction of sp³-hybridized carbons (Fsp3) is 0.174. The van der Waals surface area contributed by atoms with Crippen LogP contribution in [0.25, 0.3) is 6.08 Å². The quantitative estimate of drug-likeness (QED) is 0.512. The zero-order valence-electron chi connectivity index (χ0n) is 17.8. The fourth-order valence-electron chi connectivity index (χ4n) is 2.99. The smallest absolute Gasteiger partial charge is 0.244 e. The van der Waals surface area contributed by atoms with E-state index in [2.05, 4.69) is 10.3 Å². The van der Waals surface area contributed by atoms with Gasteiger partial charge in [0.1, 0.15) is 5.82 Å². The van der Waals surface area contributed by atoms with Crippen molar-refractivity contribution in [2.24, 2.45) is 0 Å². The van der Waals surface area contributed by atoms with Crippen LogP contribution in [-0.4, -0.2) is 31.0 Å². The van der Waals surface area contributed by atoms with E-state index >= 15 is 0 Å². The van der Waals surface area contributed by atoms with E-state index < -0.39 is 5.82 Å². The van der Waals surface area contributed by atoms with Crippen molar-refractivity contribution in [1.29, 1.82) is 0 Å². The summed E-state index contributed by atoms with van der Waals surface area (Å²) in [6.07, 6.45) is 2.87. The Labute approximate surface area is 189 Å². The molecule has 0 bridgehead atoms. The number of nitrogens with zero attached hydrogens (tertiary/aromatic N) is 2. The number of carbonyl (C=O) groups is 2. The average molecular weight is 456 g/mol. The molecule has 166 valence electrons. The zero-order valence-corrected chi connectivity index (χ0v) is 18.6. The van der Waals surface area contributed by atoms with E-state index in [9.17, 15) is 14.0 Å². The molecule has 0 saturated carbocycles. The Balaban J connectivity index is 1.69. The van der Waals surface area contributed by atoms with Crippen molar-refractivity contribution in [3.05, 3.63) is 71.0 Å². The van der Waals surface area contributed by atoms with Crippen LogP contribution >= 0.6 is 11.3 Å². The van der Waals surface area contributed by atoms with Crippen LogP contribution in [0.4, 0.5) is 15.2 Å². The van der Waals surface area contributed by atoms with Crippen molar-refractivity contribution in [2.75, 3.05) is 19.1 Å². The van der Waals surface area contributed by atoms with Gasteiger partial charge in [-0.25, -0.2) is 9.37 Å². The summed E-state index contributed by atoms with van der Waals surface area (Å²) in [6.45, 7) is 1.58. The highest BCUT2D eigenvalue weighted by Crippen LogP contribution is 2.31. The molecule has 0 aliphatic carbocycles. The molecule has 0 saturated heterocycles. The molecular formula is C23H22FN3O4S. The van der Waals surface area contributed by atoms with Crippen LogP contribution < -0.4 is 19.7 Å². The molecule has 3 aromatic rings. The van der Waals surface area contributed by atoms with E-state index in [0.717, 1.165) is 5.56 Å². The number of thiazole rings is 1. The number of carbonyl (C=O) groups excluding carboxylic acids is 2. The zero-order chi connectivity index (χ0) is 23.1. The highest BCUT2D eigenvalue weighted by Gasteiger charge is 2.20. The van der Waals surface area contributed by atoms with Crippen LogP contribution in [0.1, 0.15) is 18.2 Å². The number of benzene rings is 2. The summed E-state index contributed by atoms with van der Waals surface area (Å²) >= 11 is 1.17. The second kappa shape index (κ2) is 10.5. The van der Waals surface area contributed by atoms with Gasteiger partial charge in [-0.1, -0.05) is 24.3 Å². The van der Waals surface area contributed by atoms with Gasteiger partial charge >= 0.3 is 0 Å². The number of anilines is 2. The van der Waals surface area contributed by atoms with Crippen molar-refractivity contribution in [2.45, 2.75) is 13.5 Å². The maximum absolute atomic E-state index is 14.2. The molecule has 32 heavy (non-hydrogen) atoms. The third-order valence-electron chi connectivity index (χ3n) is 4.45. The maximum atomic E-state index is 14.2. The number of halogens is 1. The van der Waals surface area contributed by atoms with Crippen LogP contribution in [0.3, 0.4) is 0 Å². The molecule has 0 radical (unpaired) electrons. The molecule has 1 aromatic heterocycles. The molecule has 2 aromatic carbocycles. The molecule has 1 N–H and O–H groups in total. The Morgan fingerprint density at radius 2 is 1.94 bits per heavy atom. The minimum atomic E-state index is -0.526. The topological polar surface area (TPSA) is 80.8 Å². The summed E-state index contributed by atoms with van der Waals surface area (Å²) in [7, 11) is 3.08. The lowest BCUT2D eigenvalue weighted by Gasteiger charge is -2.18. The Bertz CT molecular complexity index is 1150. The van der Waals surface area contributed by atoms with Crippen molar-refractivity contribution >= 4 is 40.0 Å². The van der Waals surface area contributed by atoms with Crippen molar-refractivity contribution in [3.63, 3.8) is 0 Å². The van der Waals surface area contributed by atoms with Gasteiger partial charge in [-0.05, 0) is 24.3 Å². The third-order valence-corrected chi connectivity index (χ3v) is 5.30. The molecular weight excluding hydrogens is 433 g/mol. The first-order valence-corrected chi connectivity index (χ1v) is 10.5. The van der Waals surface area contributed by atoms with Crippen LogP contribution in [-0.2, 0) is 16.1 Å². The number of aromatic nitrogens is 1. The van der Waals surface area contributed by atoms with Crippen LogP contribution in [0, 0.1) is 5.82 Å². The van der Waals surface area contributed by atoms with Gasteiger partial charge in [0.05, 0.1) is 25.6 Å². The van der Waals surface area contributed by atoms with E-state index in [1.807, 2.05) is 12.1 Å². The lowest BCUT2D eigenvalue weighted by Crippen LogP contribution is -2.23. The number of rotatable bonds is 8. The molecule has 0 unspecified atom stereocenters. The van der Waals surface area contributed by atoms with Gasteiger partial charge in [0.2, 0.25) is 11.8 Å². The predicted molar refractivity (Wildman–Crippen MR) is 122 cm³/mol. The number of methoxy groups -OCH3 is 2. The average Bonchev–Trinajstić information content (AvgIpc) is 3.25. The van der Waals surface area contributed by atoms with Crippen molar-refractivity contribution < 1.29 is 23.5 Å². The van der Waals surface area contributed by atoms with E-state index in [1.54, 1.807) is 30.7 Å². The second-order valence-corrected chi connectivity index (χ2v) is 7.40. The Kier molecular flexibility index (Phi) is 7.56. The maximum Gasteiger partial charge on any atom is 0.244 e. The molecule has 2 amide bonds. The van der Waals surface area contributed by atoms with Gasteiger partial charge in [0.15, 0.2) is 16.6 Å². The Morgan fingerprint density at radius 1 is 1.16 bits per heavy atom. The van der Waals surface area contributed by atoms with Gasteiger partial charge in [0.25, 0.3) is 0 Å². The molecule has 7 nitrogen and oxygen atoms in total. The summed E-state index contributed by atoms with van der Waals surface area (Å²) in [5, 5.41) is 4.77. The van der Waals surface area contributed by atoms with E-state index in [1.165, 1.54) is 54.6 Å². The largest absolute Gasteiger partial charge is 0.493 e. The summed E-state index contributed by atoms with van der Waals surface area (Å²) < 4.78 is 24.8. The minimum absolute atomic E-state index is 0.120. The molecule has 9 heteroatoms. The fourth-order valence-corrected chi connectivity index (χ4v) is 3.84. The molecule has 0 spiro atoms. The number of amides is 2. The normalized spacial score (nSPS) is 10.8. The molecule has 0 aliphatic rings. The summed E-state index contributed by atoms with van der Waals surface area (Å²) in [4.78, 5) is 29.9. The number of hydrogen-bond donors (Lipinski definition) is 1. The predicted octanol–water partition coefficient (Wildman–Crippen LogP) is 4.31. The number of ether oxygens (including phenoxy) is 2. The van der Waals surface area contributed by atoms with E-state index in [4.69, 9.17) is 9.47 Å². The van der Waals surface area contributed by atoms with Crippen LogP contribution in [0.15, 0.2) is 53.9 Å². The lowest BCUT2D eigenvalue weighted by atomic mass is 10.2. The van der Waals surface area contributed by atoms with Crippen molar-refractivity contribution in [3.8, 4) is 11.5 Å². The van der Waals surface area contributed by atoms with E-state index in [0.29, 0.717) is 22.3 Å². The molecule has 0 fully saturated rings.